The first-order chi connectivity index (χ1) is 12.5. The van der Waals surface area contributed by atoms with Gasteiger partial charge in [0.15, 0.2) is 0 Å². The summed E-state index contributed by atoms with van der Waals surface area (Å²) in [5.41, 5.74) is 0.167. The fraction of sp³-hybridized carbons (Fsp3) is 0.353. The normalized spacial score (nSPS) is 17.0. The fourth-order valence-corrected chi connectivity index (χ4v) is 3.33. The average molecular weight is 353 g/mol. The van der Waals surface area contributed by atoms with Gasteiger partial charge in [-0.1, -0.05) is 0 Å². The van der Waals surface area contributed by atoms with Crippen molar-refractivity contribution in [2.24, 2.45) is 14.1 Å². The smallest absolute Gasteiger partial charge is 0.332 e. The maximum atomic E-state index is 12.1. The summed E-state index contributed by atoms with van der Waals surface area (Å²) in [6, 6.07) is 3.55. The van der Waals surface area contributed by atoms with E-state index in [1.807, 2.05) is 11.0 Å². The highest BCUT2D eigenvalue weighted by Gasteiger charge is 2.25. The van der Waals surface area contributed by atoms with E-state index in [9.17, 15) is 9.59 Å². The van der Waals surface area contributed by atoms with Crippen LogP contribution in [0.25, 0.3) is 10.9 Å². The monoisotopic (exact) mass is 353 g/mol. The molecule has 0 amide bonds. The molecule has 4 rings (SSSR count). The maximum absolute atomic E-state index is 12.1. The number of hydrogen-bond donors (Lipinski definition) is 1. The number of aromatic nitrogens is 5. The Morgan fingerprint density at radius 1 is 1.19 bits per heavy atom. The van der Waals surface area contributed by atoms with Crippen LogP contribution in [-0.2, 0) is 14.1 Å². The van der Waals surface area contributed by atoms with Crippen LogP contribution in [0.2, 0.25) is 0 Å². The average Bonchev–Trinajstić information content (AvgIpc) is 3.11. The molecule has 1 saturated heterocycles. The van der Waals surface area contributed by atoms with Crippen LogP contribution < -0.4 is 21.5 Å². The Labute approximate surface area is 149 Å². The van der Waals surface area contributed by atoms with Gasteiger partial charge in [0, 0.05) is 50.9 Å². The predicted octanol–water partition coefficient (Wildman–Crippen LogP) is 0.113. The highest BCUT2D eigenvalue weighted by Crippen LogP contribution is 2.23. The van der Waals surface area contributed by atoms with Crippen LogP contribution in [0.4, 0.5) is 11.6 Å². The molecule has 0 saturated carbocycles. The van der Waals surface area contributed by atoms with Crippen LogP contribution in [0.5, 0.6) is 0 Å². The largest absolute Gasteiger partial charge is 0.365 e. The molecular weight excluding hydrogens is 334 g/mol. The van der Waals surface area contributed by atoms with E-state index < -0.39 is 0 Å². The van der Waals surface area contributed by atoms with Crippen molar-refractivity contribution in [2.45, 2.75) is 12.5 Å². The summed E-state index contributed by atoms with van der Waals surface area (Å²) in [6.07, 6.45) is 5.82. The molecule has 0 bridgehead atoms. The zero-order valence-corrected chi connectivity index (χ0v) is 14.6. The Balaban J connectivity index is 1.58. The molecule has 1 aliphatic rings. The number of rotatable bonds is 3. The lowest BCUT2D eigenvalue weighted by molar-refractivity contribution is 0.672. The van der Waals surface area contributed by atoms with E-state index in [1.54, 1.807) is 19.4 Å². The van der Waals surface area contributed by atoms with E-state index in [0.29, 0.717) is 12.4 Å². The molecule has 4 heterocycles. The van der Waals surface area contributed by atoms with Crippen molar-refractivity contribution in [3.05, 3.63) is 51.7 Å². The standard InChI is InChI=1S/C17H19N7O2/c1-22-14(7-15(25)23(2)17(22)26)24-6-4-11(9-24)21-16-12-3-5-18-8-13(12)19-10-20-16/h3,5,7-8,10-11H,4,6,9H2,1-2H3,(H,19,20,21)/t11-/m0/s1. The minimum Gasteiger partial charge on any atom is -0.365 e. The lowest BCUT2D eigenvalue weighted by Crippen LogP contribution is -2.40. The predicted molar refractivity (Wildman–Crippen MR) is 98.5 cm³/mol. The Morgan fingerprint density at radius 3 is 2.88 bits per heavy atom. The molecule has 0 spiro atoms. The maximum Gasteiger partial charge on any atom is 0.332 e. The minimum atomic E-state index is -0.321. The molecule has 9 nitrogen and oxygen atoms in total. The van der Waals surface area contributed by atoms with Gasteiger partial charge in [-0.3, -0.25) is 18.9 Å². The number of nitrogens with one attached hydrogen (secondary N) is 1. The highest BCUT2D eigenvalue weighted by atomic mass is 16.2. The molecule has 0 unspecified atom stereocenters. The molecule has 1 aliphatic heterocycles. The minimum absolute atomic E-state index is 0.153. The van der Waals surface area contributed by atoms with E-state index in [2.05, 4.69) is 20.3 Å². The van der Waals surface area contributed by atoms with Crippen LogP contribution in [0.1, 0.15) is 6.42 Å². The molecule has 26 heavy (non-hydrogen) atoms. The van der Waals surface area contributed by atoms with Crippen molar-refractivity contribution < 1.29 is 0 Å². The Morgan fingerprint density at radius 2 is 2.04 bits per heavy atom. The summed E-state index contributed by atoms with van der Waals surface area (Å²) in [7, 11) is 3.17. The van der Waals surface area contributed by atoms with Crippen molar-refractivity contribution in [3.63, 3.8) is 0 Å². The Kier molecular flexibility index (Phi) is 3.90. The van der Waals surface area contributed by atoms with Crippen molar-refractivity contribution in [1.29, 1.82) is 0 Å². The van der Waals surface area contributed by atoms with E-state index in [4.69, 9.17) is 0 Å². The number of fused-ring (bicyclic) bond motifs is 1. The first-order valence-electron chi connectivity index (χ1n) is 8.38. The number of nitrogens with zero attached hydrogens (tertiary/aromatic N) is 6. The van der Waals surface area contributed by atoms with Gasteiger partial charge in [-0.15, -0.1) is 0 Å². The summed E-state index contributed by atoms with van der Waals surface area (Å²) in [4.78, 5) is 38.8. The molecule has 134 valence electrons. The summed E-state index contributed by atoms with van der Waals surface area (Å²) in [6.45, 7) is 1.43. The van der Waals surface area contributed by atoms with E-state index in [-0.39, 0.29) is 17.3 Å². The van der Waals surface area contributed by atoms with Crippen LogP contribution in [0.3, 0.4) is 0 Å². The quantitative estimate of drug-likeness (QED) is 0.714. The van der Waals surface area contributed by atoms with Crippen LogP contribution >= 0.6 is 0 Å². The Hall–Kier alpha value is -3.23. The van der Waals surface area contributed by atoms with Gasteiger partial charge in [0.2, 0.25) is 0 Å². The van der Waals surface area contributed by atoms with Crippen molar-refractivity contribution in [2.75, 3.05) is 23.3 Å². The molecule has 9 heteroatoms. The molecule has 1 atom stereocenters. The van der Waals surface area contributed by atoms with Gasteiger partial charge in [-0.25, -0.2) is 14.8 Å². The van der Waals surface area contributed by atoms with Crippen molar-refractivity contribution in [1.82, 2.24) is 24.1 Å². The van der Waals surface area contributed by atoms with Gasteiger partial charge < -0.3 is 10.2 Å². The summed E-state index contributed by atoms with van der Waals surface area (Å²) in [5.74, 6) is 1.40. The van der Waals surface area contributed by atoms with E-state index in [1.165, 1.54) is 24.0 Å². The second kappa shape index (κ2) is 6.25. The SMILES string of the molecule is Cn1c(N2CC[C@H](Nc3ncnc4cnccc34)C2)cc(=O)n(C)c1=O. The molecule has 0 aromatic carbocycles. The summed E-state index contributed by atoms with van der Waals surface area (Å²) >= 11 is 0. The lowest BCUT2D eigenvalue weighted by Gasteiger charge is -2.22. The molecule has 1 fully saturated rings. The van der Waals surface area contributed by atoms with Gasteiger partial charge in [-0.05, 0) is 12.5 Å². The van der Waals surface area contributed by atoms with Gasteiger partial charge in [-0.2, -0.15) is 0 Å². The van der Waals surface area contributed by atoms with E-state index >= 15 is 0 Å². The number of pyridine rings is 1. The molecule has 0 aliphatic carbocycles. The van der Waals surface area contributed by atoms with Crippen LogP contribution in [0.15, 0.2) is 40.4 Å². The van der Waals surface area contributed by atoms with E-state index in [0.717, 1.165) is 34.3 Å². The number of hydrogen-bond acceptors (Lipinski definition) is 7. The van der Waals surface area contributed by atoms with Gasteiger partial charge in [0.1, 0.15) is 18.0 Å². The zero-order chi connectivity index (χ0) is 18.3. The lowest BCUT2D eigenvalue weighted by atomic mass is 10.2. The highest BCUT2D eigenvalue weighted by molar-refractivity contribution is 5.88. The van der Waals surface area contributed by atoms with Crippen molar-refractivity contribution in [3.8, 4) is 0 Å². The van der Waals surface area contributed by atoms with Gasteiger partial charge in [0.05, 0.1) is 11.7 Å². The third kappa shape index (κ3) is 2.71. The topological polar surface area (TPSA) is 97.9 Å². The van der Waals surface area contributed by atoms with Crippen LogP contribution in [-0.4, -0.2) is 43.2 Å². The zero-order valence-electron chi connectivity index (χ0n) is 14.6. The Bertz CT molecular complexity index is 1080. The molecule has 1 N–H and O–H groups in total. The molecule has 0 radical (unpaired) electrons. The second-order valence-corrected chi connectivity index (χ2v) is 6.43. The molecular formula is C17H19N7O2. The van der Waals surface area contributed by atoms with Gasteiger partial charge >= 0.3 is 5.69 Å². The van der Waals surface area contributed by atoms with Gasteiger partial charge in [0.25, 0.3) is 5.56 Å². The summed E-state index contributed by atoms with van der Waals surface area (Å²) < 4.78 is 2.62. The van der Waals surface area contributed by atoms with Crippen molar-refractivity contribution >= 4 is 22.5 Å². The third-order valence-corrected chi connectivity index (χ3v) is 4.79. The first-order valence-corrected chi connectivity index (χ1v) is 8.38. The molecule has 3 aromatic heterocycles. The second-order valence-electron chi connectivity index (χ2n) is 6.43. The first kappa shape index (κ1) is 16.2. The van der Waals surface area contributed by atoms with Crippen LogP contribution in [0, 0.1) is 0 Å². The summed E-state index contributed by atoms with van der Waals surface area (Å²) in [5, 5.41) is 4.37. The fourth-order valence-electron chi connectivity index (χ4n) is 3.33. The molecule has 3 aromatic rings. The number of anilines is 2. The third-order valence-electron chi connectivity index (χ3n) is 4.79.